The van der Waals surface area contributed by atoms with Gasteiger partial charge in [0.25, 0.3) is 0 Å². The summed E-state index contributed by atoms with van der Waals surface area (Å²) in [6.45, 7) is 3.89. The average Bonchev–Trinajstić information content (AvgIpc) is 2.67. The molecule has 14 heavy (non-hydrogen) atoms. The molecule has 0 aliphatic carbocycles. The number of furan rings is 1. The molecule has 1 aromatic rings. The molecule has 1 aromatic heterocycles. The van der Waals surface area contributed by atoms with Crippen LogP contribution in [0.5, 0.6) is 0 Å². The fourth-order valence-corrected chi connectivity index (χ4v) is 1.01. The highest BCUT2D eigenvalue weighted by atomic mass is 16.3. The number of hydrogen-bond donors (Lipinski definition) is 2. The molecule has 4 nitrogen and oxygen atoms in total. The number of carbonyl (C=O) groups excluding carboxylic acids is 1. The second-order valence-electron chi connectivity index (χ2n) is 2.93. The number of nitrogens with one attached hydrogen (secondary N) is 1. The molecule has 76 valence electrons. The molecule has 0 aliphatic heterocycles. The van der Waals surface area contributed by atoms with E-state index in [1.54, 1.807) is 24.5 Å². The lowest BCUT2D eigenvalue weighted by Crippen LogP contribution is -2.39. The fourth-order valence-electron chi connectivity index (χ4n) is 1.01. The molecule has 1 atom stereocenters. The van der Waals surface area contributed by atoms with Gasteiger partial charge in [0.2, 0.25) is 5.91 Å². The molecular formula is C10H14N2O2. The van der Waals surface area contributed by atoms with E-state index in [9.17, 15) is 4.79 Å². The summed E-state index contributed by atoms with van der Waals surface area (Å²) in [5.41, 5.74) is 5.55. The maximum absolute atomic E-state index is 11.3. The van der Waals surface area contributed by atoms with Crippen LogP contribution in [0.3, 0.4) is 0 Å². The molecule has 0 aliphatic rings. The zero-order valence-electron chi connectivity index (χ0n) is 7.90. The zero-order chi connectivity index (χ0) is 10.4. The normalized spacial score (nSPS) is 12.1. The maximum atomic E-state index is 11.3. The van der Waals surface area contributed by atoms with Gasteiger partial charge < -0.3 is 15.5 Å². The van der Waals surface area contributed by atoms with Crippen molar-refractivity contribution in [2.45, 2.75) is 19.0 Å². The average molecular weight is 194 g/mol. The van der Waals surface area contributed by atoms with E-state index < -0.39 is 6.04 Å². The summed E-state index contributed by atoms with van der Waals surface area (Å²) < 4.78 is 5.05. The third-order valence-electron chi connectivity index (χ3n) is 1.77. The summed E-state index contributed by atoms with van der Waals surface area (Å²) in [6, 6.07) is 3.03. The lowest BCUT2D eigenvalue weighted by molar-refractivity contribution is -0.122. The fraction of sp³-hybridized carbons (Fsp3) is 0.300. The molecule has 1 rings (SSSR count). The number of nitrogens with two attached hydrogens (primary N) is 1. The number of rotatable bonds is 5. The maximum Gasteiger partial charge on any atom is 0.237 e. The van der Waals surface area contributed by atoms with Crippen LogP contribution in [0, 0.1) is 0 Å². The van der Waals surface area contributed by atoms with Crippen molar-refractivity contribution in [3.05, 3.63) is 36.8 Å². The van der Waals surface area contributed by atoms with Crippen LogP contribution in [0.25, 0.3) is 0 Å². The molecule has 0 bridgehead atoms. The van der Waals surface area contributed by atoms with Gasteiger partial charge in [0, 0.05) is 0 Å². The molecule has 0 saturated heterocycles. The number of amides is 1. The monoisotopic (exact) mass is 194 g/mol. The summed E-state index contributed by atoms with van der Waals surface area (Å²) in [6.07, 6.45) is 3.66. The smallest absolute Gasteiger partial charge is 0.237 e. The van der Waals surface area contributed by atoms with Crippen LogP contribution in [-0.4, -0.2) is 11.9 Å². The Morgan fingerprint density at radius 2 is 2.57 bits per heavy atom. The molecule has 1 unspecified atom stereocenters. The van der Waals surface area contributed by atoms with E-state index in [-0.39, 0.29) is 5.91 Å². The summed E-state index contributed by atoms with van der Waals surface area (Å²) in [5.74, 6) is 0.519. The predicted molar refractivity (Wildman–Crippen MR) is 53.3 cm³/mol. The summed E-state index contributed by atoms with van der Waals surface area (Å²) in [4.78, 5) is 11.3. The SMILES string of the molecule is C=CCC(N)C(=O)NCc1ccco1. The van der Waals surface area contributed by atoms with Crippen molar-refractivity contribution in [3.63, 3.8) is 0 Å². The second kappa shape index (κ2) is 5.24. The minimum atomic E-state index is -0.525. The van der Waals surface area contributed by atoms with E-state index in [0.717, 1.165) is 0 Å². The Balaban J connectivity index is 2.31. The Bertz CT molecular complexity index is 293. The summed E-state index contributed by atoms with van der Waals surface area (Å²) >= 11 is 0. The predicted octanol–water partition coefficient (Wildman–Crippen LogP) is 0.799. The van der Waals surface area contributed by atoms with E-state index in [1.165, 1.54) is 0 Å². The summed E-state index contributed by atoms with van der Waals surface area (Å²) in [7, 11) is 0. The van der Waals surface area contributed by atoms with Gasteiger partial charge in [-0.2, -0.15) is 0 Å². The molecule has 0 spiro atoms. The van der Waals surface area contributed by atoms with Gasteiger partial charge in [0.15, 0.2) is 0 Å². The van der Waals surface area contributed by atoms with Crippen LogP contribution in [-0.2, 0) is 11.3 Å². The largest absolute Gasteiger partial charge is 0.467 e. The molecule has 0 fully saturated rings. The highest BCUT2D eigenvalue weighted by Crippen LogP contribution is 1.99. The van der Waals surface area contributed by atoms with Crippen molar-refractivity contribution in [2.24, 2.45) is 5.73 Å². The van der Waals surface area contributed by atoms with E-state index in [1.807, 2.05) is 0 Å². The Kier molecular flexibility index (Phi) is 3.94. The van der Waals surface area contributed by atoms with Crippen molar-refractivity contribution in [3.8, 4) is 0 Å². The van der Waals surface area contributed by atoms with E-state index in [4.69, 9.17) is 10.2 Å². The third kappa shape index (κ3) is 3.06. The molecule has 4 heteroatoms. The lowest BCUT2D eigenvalue weighted by Gasteiger charge is -2.08. The van der Waals surface area contributed by atoms with Crippen molar-refractivity contribution >= 4 is 5.91 Å². The Morgan fingerprint density at radius 1 is 1.79 bits per heavy atom. The van der Waals surface area contributed by atoms with E-state index >= 15 is 0 Å². The van der Waals surface area contributed by atoms with Crippen LogP contribution < -0.4 is 11.1 Å². The first kappa shape index (κ1) is 10.5. The van der Waals surface area contributed by atoms with Crippen LogP contribution in [0.1, 0.15) is 12.2 Å². The van der Waals surface area contributed by atoms with Crippen LogP contribution >= 0.6 is 0 Å². The molecule has 0 aromatic carbocycles. The molecule has 1 heterocycles. The van der Waals surface area contributed by atoms with E-state index in [2.05, 4.69) is 11.9 Å². The quantitative estimate of drug-likeness (QED) is 0.681. The molecular weight excluding hydrogens is 180 g/mol. The molecule has 0 saturated carbocycles. The van der Waals surface area contributed by atoms with Gasteiger partial charge in [-0.15, -0.1) is 6.58 Å². The summed E-state index contributed by atoms with van der Waals surface area (Å²) in [5, 5.41) is 2.66. The van der Waals surface area contributed by atoms with Crippen molar-refractivity contribution in [1.82, 2.24) is 5.32 Å². The van der Waals surface area contributed by atoms with Gasteiger partial charge in [-0.3, -0.25) is 4.79 Å². The molecule has 3 N–H and O–H groups in total. The Morgan fingerprint density at radius 3 is 3.14 bits per heavy atom. The van der Waals surface area contributed by atoms with Gasteiger partial charge >= 0.3 is 0 Å². The number of carbonyl (C=O) groups is 1. The van der Waals surface area contributed by atoms with Gasteiger partial charge in [0.05, 0.1) is 18.8 Å². The Hall–Kier alpha value is -1.55. The lowest BCUT2D eigenvalue weighted by atomic mass is 10.2. The second-order valence-corrected chi connectivity index (χ2v) is 2.93. The number of hydrogen-bond acceptors (Lipinski definition) is 3. The highest BCUT2D eigenvalue weighted by molar-refractivity contribution is 5.81. The minimum absolute atomic E-state index is 0.193. The van der Waals surface area contributed by atoms with Gasteiger partial charge in [-0.25, -0.2) is 0 Å². The van der Waals surface area contributed by atoms with Crippen LogP contribution in [0.4, 0.5) is 0 Å². The first-order valence-electron chi connectivity index (χ1n) is 4.40. The van der Waals surface area contributed by atoms with Crippen LogP contribution in [0.15, 0.2) is 35.5 Å². The third-order valence-corrected chi connectivity index (χ3v) is 1.77. The van der Waals surface area contributed by atoms with Crippen molar-refractivity contribution < 1.29 is 9.21 Å². The van der Waals surface area contributed by atoms with E-state index in [0.29, 0.717) is 18.7 Å². The molecule has 0 radical (unpaired) electrons. The van der Waals surface area contributed by atoms with Crippen molar-refractivity contribution in [1.29, 1.82) is 0 Å². The van der Waals surface area contributed by atoms with Crippen molar-refractivity contribution in [2.75, 3.05) is 0 Å². The topological polar surface area (TPSA) is 68.3 Å². The van der Waals surface area contributed by atoms with Crippen LogP contribution in [0.2, 0.25) is 0 Å². The Labute approximate surface area is 82.8 Å². The zero-order valence-corrected chi connectivity index (χ0v) is 7.90. The first-order chi connectivity index (χ1) is 6.74. The van der Waals surface area contributed by atoms with Gasteiger partial charge in [-0.05, 0) is 18.6 Å². The first-order valence-corrected chi connectivity index (χ1v) is 4.40. The highest BCUT2D eigenvalue weighted by Gasteiger charge is 2.10. The minimum Gasteiger partial charge on any atom is -0.467 e. The van der Waals surface area contributed by atoms with Gasteiger partial charge in [0.1, 0.15) is 5.76 Å². The van der Waals surface area contributed by atoms with Gasteiger partial charge in [-0.1, -0.05) is 6.08 Å². The molecule has 1 amide bonds. The standard InChI is InChI=1S/C10H14N2O2/c1-2-4-9(11)10(13)12-7-8-5-3-6-14-8/h2-3,5-6,9H,1,4,7,11H2,(H,12,13).